The number of hydrogen-bond acceptors (Lipinski definition) is 7. The van der Waals surface area contributed by atoms with Gasteiger partial charge in [-0.15, -0.1) is 0 Å². The molecule has 1 aromatic carbocycles. The maximum absolute atomic E-state index is 12.3. The van der Waals surface area contributed by atoms with Crippen LogP contribution in [-0.2, 0) is 11.2 Å². The Kier molecular flexibility index (Phi) is 5.45. The number of rotatable bonds is 6. The van der Waals surface area contributed by atoms with E-state index in [2.05, 4.69) is 15.0 Å². The molecule has 26 heavy (non-hydrogen) atoms. The molecule has 0 N–H and O–H groups in total. The maximum atomic E-state index is 12.3. The number of hydrogen-bond donors (Lipinski definition) is 0. The summed E-state index contributed by atoms with van der Waals surface area (Å²) in [6, 6.07) is 6.60. The second-order valence-electron chi connectivity index (χ2n) is 6.23. The van der Waals surface area contributed by atoms with Crippen LogP contribution in [0.25, 0.3) is 0 Å². The minimum atomic E-state index is -0.395. The van der Waals surface area contributed by atoms with Gasteiger partial charge in [0.2, 0.25) is 11.8 Å². The Labute approximate surface area is 150 Å². The normalized spacial score (nSPS) is 14.5. The fourth-order valence-corrected chi connectivity index (χ4v) is 3.01. The Morgan fingerprint density at radius 2 is 2.08 bits per heavy atom. The van der Waals surface area contributed by atoms with Crippen molar-refractivity contribution in [1.29, 1.82) is 0 Å². The van der Waals surface area contributed by atoms with Crippen molar-refractivity contribution in [1.82, 2.24) is 15.0 Å². The van der Waals surface area contributed by atoms with Crippen LogP contribution in [0.5, 0.6) is 0 Å². The Bertz CT molecular complexity index is 783. The van der Waals surface area contributed by atoms with Gasteiger partial charge in [-0.2, -0.15) is 4.98 Å². The highest BCUT2D eigenvalue weighted by Gasteiger charge is 2.22. The van der Waals surface area contributed by atoms with E-state index in [9.17, 15) is 14.9 Å². The average Bonchev–Trinajstić information content (AvgIpc) is 3.07. The number of carbonyl (C=O) groups excluding carboxylic acids is 1. The molecule has 0 aliphatic carbocycles. The first kappa shape index (κ1) is 17.8. The molecule has 9 heteroatoms. The van der Waals surface area contributed by atoms with Crippen molar-refractivity contribution in [2.75, 3.05) is 31.1 Å². The van der Waals surface area contributed by atoms with Crippen LogP contribution >= 0.6 is 0 Å². The van der Waals surface area contributed by atoms with Crippen molar-refractivity contribution in [3.8, 4) is 0 Å². The Morgan fingerprint density at radius 1 is 1.31 bits per heavy atom. The molecule has 0 atom stereocenters. The molecule has 1 fully saturated rings. The number of amides is 1. The Morgan fingerprint density at radius 3 is 2.73 bits per heavy atom. The number of aryl methyl sites for hydroxylation is 2. The molecule has 1 aliphatic rings. The number of non-ortho nitro benzene ring substituents is 1. The Balaban J connectivity index is 1.46. The fourth-order valence-electron chi connectivity index (χ4n) is 3.01. The molecule has 1 saturated heterocycles. The number of benzene rings is 1. The van der Waals surface area contributed by atoms with Gasteiger partial charge in [0.25, 0.3) is 5.69 Å². The molecule has 0 unspecified atom stereocenters. The molecule has 1 aliphatic heterocycles. The topological polar surface area (TPSA) is 106 Å². The highest BCUT2D eigenvalue weighted by atomic mass is 16.6. The van der Waals surface area contributed by atoms with E-state index >= 15 is 0 Å². The second kappa shape index (κ2) is 7.94. The van der Waals surface area contributed by atoms with Crippen LogP contribution in [0.2, 0.25) is 0 Å². The fraction of sp³-hybridized carbons (Fsp3) is 0.471. The van der Waals surface area contributed by atoms with Crippen LogP contribution in [0, 0.1) is 17.0 Å². The zero-order valence-corrected chi connectivity index (χ0v) is 14.6. The first-order valence-electron chi connectivity index (χ1n) is 8.59. The standard InChI is InChI=1S/C17H21N5O4/c1-13-18-16(26-19-13)6-3-7-17(23)21-10-8-20(9-11-21)14-4-2-5-15(12-14)22(24)25/h2,4-5,12H,3,6-11H2,1H3. The molecular formula is C17H21N5O4. The summed E-state index contributed by atoms with van der Waals surface area (Å²) in [5.74, 6) is 1.27. The third-order valence-electron chi connectivity index (χ3n) is 4.39. The highest BCUT2D eigenvalue weighted by molar-refractivity contribution is 5.76. The predicted molar refractivity (Wildman–Crippen MR) is 93.9 cm³/mol. The molecule has 0 saturated carbocycles. The third kappa shape index (κ3) is 4.35. The van der Waals surface area contributed by atoms with Gasteiger partial charge < -0.3 is 14.3 Å². The summed E-state index contributed by atoms with van der Waals surface area (Å²) in [5.41, 5.74) is 0.898. The molecule has 2 heterocycles. The van der Waals surface area contributed by atoms with E-state index in [0.717, 1.165) is 5.69 Å². The second-order valence-corrected chi connectivity index (χ2v) is 6.23. The number of piperazine rings is 1. The van der Waals surface area contributed by atoms with Gasteiger partial charge in [0.05, 0.1) is 4.92 Å². The van der Waals surface area contributed by atoms with E-state index in [1.54, 1.807) is 19.1 Å². The average molecular weight is 359 g/mol. The molecule has 0 bridgehead atoms. The van der Waals surface area contributed by atoms with Gasteiger partial charge in [-0.25, -0.2) is 0 Å². The third-order valence-corrected chi connectivity index (χ3v) is 4.39. The molecule has 0 spiro atoms. The lowest BCUT2D eigenvalue weighted by atomic mass is 10.2. The summed E-state index contributed by atoms with van der Waals surface area (Å²) in [6.45, 7) is 4.31. The highest BCUT2D eigenvalue weighted by Crippen LogP contribution is 2.22. The van der Waals surface area contributed by atoms with Gasteiger partial charge in [0.1, 0.15) is 0 Å². The van der Waals surface area contributed by atoms with E-state index < -0.39 is 4.92 Å². The summed E-state index contributed by atoms with van der Waals surface area (Å²) in [4.78, 5) is 30.9. The molecule has 138 valence electrons. The summed E-state index contributed by atoms with van der Waals surface area (Å²) < 4.78 is 5.04. The summed E-state index contributed by atoms with van der Waals surface area (Å²) in [7, 11) is 0. The number of carbonyl (C=O) groups is 1. The zero-order chi connectivity index (χ0) is 18.5. The molecule has 9 nitrogen and oxygen atoms in total. The van der Waals surface area contributed by atoms with Gasteiger partial charge in [0.15, 0.2) is 5.82 Å². The van der Waals surface area contributed by atoms with Crippen molar-refractivity contribution in [3.63, 3.8) is 0 Å². The quantitative estimate of drug-likeness (QED) is 0.573. The minimum absolute atomic E-state index is 0.0808. The van der Waals surface area contributed by atoms with E-state index in [1.165, 1.54) is 6.07 Å². The summed E-state index contributed by atoms with van der Waals surface area (Å²) in [5, 5.41) is 14.6. The molecular weight excluding hydrogens is 338 g/mol. The number of anilines is 1. The van der Waals surface area contributed by atoms with Gasteiger partial charge in [-0.1, -0.05) is 11.2 Å². The van der Waals surface area contributed by atoms with Crippen LogP contribution in [0.1, 0.15) is 24.6 Å². The smallest absolute Gasteiger partial charge is 0.271 e. The number of nitro groups is 1. The maximum Gasteiger partial charge on any atom is 0.271 e. The van der Waals surface area contributed by atoms with E-state index in [4.69, 9.17) is 4.52 Å². The van der Waals surface area contributed by atoms with Crippen molar-refractivity contribution < 1.29 is 14.2 Å². The SMILES string of the molecule is Cc1noc(CCCC(=O)N2CCN(c3cccc([N+](=O)[O-])c3)CC2)n1. The van der Waals surface area contributed by atoms with E-state index in [-0.39, 0.29) is 11.6 Å². The first-order valence-corrected chi connectivity index (χ1v) is 8.59. The largest absolute Gasteiger partial charge is 0.368 e. The van der Waals surface area contributed by atoms with Gasteiger partial charge in [0, 0.05) is 56.8 Å². The lowest BCUT2D eigenvalue weighted by Crippen LogP contribution is -2.48. The molecule has 2 aromatic rings. The lowest BCUT2D eigenvalue weighted by molar-refractivity contribution is -0.384. The molecule has 3 rings (SSSR count). The monoisotopic (exact) mass is 359 g/mol. The van der Waals surface area contributed by atoms with Crippen molar-refractivity contribution in [3.05, 3.63) is 46.1 Å². The zero-order valence-electron chi connectivity index (χ0n) is 14.6. The van der Waals surface area contributed by atoms with Crippen molar-refractivity contribution in [2.45, 2.75) is 26.2 Å². The van der Waals surface area contributed by atoms with Crippen LogP contribution in [0.3, 0.4) is 0 Å². The summed E-state index contributed by atoms with van der Waals surface area (Å²) in [6.07, 6.45) is 1.71. The minimum Gasteiger partial charge on any atom is -0.368 e. The molecule has 1 amide bonds. The van der Waals surface area contributed by atoms with Crippen molar-refractivity contribution >= 4 is 17.3 Å². The van der Waals surface area contributed by atoms with Crippen molar-refractivity contribution in [2.24, 2.45) is 0 Å². The van der Waals surface area contributed by atoms with E-state index in [1.807, 2.05) is 11.0 Å². The van der Waals surface area contributed by atoms with Gasteiger partial charge in [-0.3, -0.25) is 14.9 Å². The van der Waals surface area contributed by atoms with Crippen LogP contribution in [0.15, 0.2) is 28.8 Å². The van der Waals surface area contributed by atoms with Crippen LogP contribution < -0.4 is 4.90 Å². The van der Waals surface area contributed by atoms with E-state index in [0.29, 0.717) is 57.2 Å². The lowest BCUT2D eigenvalue weighted by Gasteiger charge is -2.36. The first-order chi connectivity index (χ1) is 12.5. The number of nitrogens with zero attached hydrogens (tertiary/aromatic N) is 5. The van der Waals surface area contributed by atoms with Gasteiger partial charge >= 0.3 is 0 Å². The van der Waals surface area contributed by atoms with Crippen LogP contribution in [-0.4, -0.2) is 52.1 Å². The predicted octanol–water partition coefficient (Wildman–Crippen LogP) is 1.96. The summed E-state index contributed by atoms with van der Waals surface area (Å²) >= 11 is 0. The molecule has 0 radical (unpaired) electrons. The number of nitro benzene ring substituents is 1. The molecule has 1 aromatic heterocycles. The Hall–Kier alpha value is -2.97. The van der Waals surface area contributed by atoms with Gasteiger partial charge in [-0.05, 0) is 19.4 Å². The van der Waals surface area contributed by atoms with Crippen LogP contribution in [0.4, 0.5) is 11.4 Å². The number of aromatic nitrogens is 2.